The van der Waals surface area contributed by atoms with Crippen molar-refractivity contribution in [2.45, 2.75) is 38.7 Å². The monoisotopic (exact) mass is 831 g/mol. The number of alkyl halides is 4. The van der Waals surface area contributed by atoms with Crippen molar-refractivity contribution in [1.29, 1.82) is 0 Å². The molecule has 6 rings (SSSR count). The summed E-state index contributed by atoms with van der Waals surface area (Å²) < 4.78 is 68.8. The highest BCUT2D eigenvalue weighted by molar-refractivity contribution is 7.22. The largest absolute Gasteiger partial charge is 0.508 e. The number of hydrogen-bond donors (Lipinski definition) is 3. The van der Waals surface area contributed by atoms with Crippen LogP contribution in [0.1, 0.15) is 23.2 Å². The Kier molecular flexibility index (Phi) is 12.6. The van der Waals surface area contributed by atoms with E-state index in [1.807, 2.05) is 13.0 Å². The van der Waals surface area contributed by atoms with Gasteiger partial charge < -0.3 is 29.7 Å². The fourth-order valence-corrected chi connectivity index (χ4v) is 7.13. The second-order valence-corrected chi connectivity index (χ2v) is 13.9. The molecule has 0 fully saturated rings. The van der Waals surface area contributed by atoms with E-state index in [1.54, 1.807) is 18.2 Å². The lowest BCUT2D eigenvalue weighted by atomic mass is 9.95. The molecule has 0 aliphatic rings. The molecule has 1 unspecified atom stereocenters. The first kappa shape index (κ1) is 40.2. The zero-order valence-electron chi connectivity index (χ0n) is 29.2. The summed E-state index contributed by atoms with van der Waals surface area (Å²) >= 11 is 14.0. The van der Waals surface area contributed by atoms with E-state index in [-0.39, 0.29) is 47.7 Å². The maximum atomic E-state index is 14.0. The van der Waals surface area contributed by atoms with Crippen LogP contribution >= 0.6 is 34.5 Å². The molecular weight excluding hydrogens is 801 g/mol. The number of nitrogens with one attached hydrogen (secondary N) is 1. The zero-order valence-corrected chi connectivity index (χ0v) is 31.6. The van der Waals surface area contributed by atoms with Crippen molar-refractivity contribution in [3.05, 3.63) is 101 Å². The number of carboxylic acids is 1. The van der Waals surface area contributed by atoms with Gasteiger partial charge in [0.15, 0.2) is 0 Å². The zero-order chi connectivity index (χ0) is 40.0. The van der Waals surface area contributed by atoms with Crippen molar-refractivity contribution in [1.82, 2.24) is 19.9 Å². The van der Waals surface area contributed by atoms with Gasteiger partial charge in [0.25, 0.3) is 0 Å². The van der Waals surface area contributed by atoms with Crippen LogP contribution in [0.4, 0.5) is 23.2 Å². The average molecular weight is 833 g/mol. The quantitative estimate of drug-likeness (QED) is 0.0633. The summed E-state index contributed by atoms with van der Waals surface area (Å²) in [7, 11) is 0. The molecule has 1 atom stereocenters. The van der Waals surface area contributed by atoms with E-state index >= 15 is 0 Å². The number of aromatic hydroxyl groups is 1. The number of carboxylic acid groups (broad SMARTS) is 1. The van der Waals surface area contributed by atoms with E-state index in [1.165, 1.54) is 60.3 Å². The van der Waals surface area contributed by atoms with Crippen LogP contribution in [0.3, 0.4) is 0 Å². The number of rotatable bonds is 16. The normalized spacial score (nSPS) is 12.1. The maximum Gasteiger partial charge on any atom is 0.392 e. The van der Waals surface area contributed by atoms with Crippen molar-refractivity contribution in [2.24, 2.45) is 0 Å². The summed E-state index contributed by atoms with van der Waals surface area (Å²) in [4.78, 5) is 30.7. The van der Waals surface area contributed by atoms with Gasteiger partial charge in [-0.25, -0.2) is 24.1 Å². The molecule has 0 saturated heterocycles. The van der Waals surface area contributed by atoms with Crippen molar-refractivity contribution >= 4 is 56.4 Å². The van der Waals surface area contributed by atoms with Crippen molar-refractivity contribution in [2.75, 3.05) is 24.3 Å². The van der Waals surface area contributed by atoms with Crippen LogP contribution in [0.2, 0.25) is 5.02 Å². The van der Waals surface area contributed by atoms with E-state index in [2.05, 4.69) is 25.3 Å². The number of phenolic OH excluding ortho intramolecular Hbond substituents is 1. The molecule has 292 valence electrons. The molecule has 56 heavy (non-hydrogen) atoms. The van der Waals surface area contributed by atoms with E-state index in [0.29, 0.717) is 60.5 Å². The fourth-order valence-electron chi connectivity index (χ4n) is 5.65. The SMILES string of the molecule is Cc1c(-c2c(-c3ccc(F)cc3)sc3ncnc(OC(Cc4cc(O)ccc4OCc4ccnc(OCCC(F)(F)F)n4)C(=O)O)c23)ccc(NCCCl)c1Cl. The fraction of sp³-hybridized carbons (Fsp3) is 0.237. The third-order valence-electron chi connectivity index (χ3n) is 8.29. The molecule has 0 aliphatic heterocycles. The number of aliphatic carboxylic acids is 1. The highest BCUT2D eigenvalue weighted by Gasteiger charge is 2.29. The lowest BCUT2D eigenvalue weighted by Gasteiger charge is -2.19. The molecule has 3 aromatic heterocycles. The molecule has 3 N–H and O–H groups in total. The Morgan fingerprint density at radius 3 is 2.55 bits per heavy atom. The van der Waals surface area contributed by atoms with Gasteiger partial charge in [0, 0.05) is 41.0 Å². The molecule has 0 amide bonds. The van der Waals surface area contributed by atoms with Gasteiger partial charge in [0.05, 0.1) is 28.2 Å². The van der Waals surface area contributed by atoms with Crippen LogP contribution in [-0.2, 0) is 17.8 Å². The van der Waals surface area contributed by atoms with Gasteiger partial charge in [-0.05, 0) is 66.1 Å². The molecule has 0 bridgehead atoms. The van der Waals surface area contributed by atoms with Crippen LogP contribution in [0.25, 0.3) is 31.8 Å². The smallest absolute Gasteiger partial charge is 0.392 e. The predicted molar refractivity (Wildman–Crippen MR) is 204 cm³/mol. The predicted octanol–water partition coefficient (Wildman–Crippen LogP) is 9.26. The second-order valence-electron chi connectivity index (χ2n) is 12.2. The van der Waals surface area contributed by atoms with E-state index in [4.69, 9.17) is 37.4 Å². The van der Waals surface area contributed by atoms with Gasteiger partial charge in [-0.2, -0.15) is 18.2 Å². The number of hydrogen-bond acceptors (Lipinski definition) is 11. The maximum absolute atomic E-state index is 14.0. The molecule has 0 saturated carbocycles. The lowest BCUT2D eigenvalue weighted by molar-refractivity contribution is -0.145. The first-order chi connectivity index (χ1) is 26.8. The Bertz CT molecular complexity index is 2350. The standard InChI is InChI=1S/C38H31Cl2F4N5O6S/c1-20-26(7-8-27(32(20)40)45-14-12-39)30-31-34(47-19-48-35(31)56-33(30)21-2-4-23(41)5-3-21)55-29(36(51)52)17-22-16-25(50)6-9-28(22)54-18-24-10-13-46-37(49-24)53-15-11-38(42,43)44/h2-10,13,16,19,29,45,50H,11-12,14-15,17-18H2,1H3,(H,51,52). The lowest BCUT2D eigenvalue weighted by Crippen LogP contribution is -2.30. The summed E-state index contributed by atoms with van der Waals surface area (Å²) in [5.41, 5.74) is 3.78. The number of ether oxygens (including phenoxy) is 3. The molecule has 11 nitrogen and oxygen atoms in total. The third-order valence-corrected chi connectivity index (χ3v) is 10.1. The molecule has 3 aromatic carbocycles. The summed E-state index contributed by atoms with van der Waals surface area (Å²) in [6, 6.07) is 14.8. The van der Waals surface area contributed by atoms with Crippen LogP contribution in [0.15, 0.2) is 73.2 Å². The Balaban J connectivity index is 1.33. The number of nitrogens with zero attached hydrogens (tertiary/aromatic N) is 4. The Labute approximate surface area is 330 Å². The molecule has 0 radical (unpaired) electrons. The summed E-state index contributed by atoms with van der Waals surface area (Å²) in [6.07, 6.45) is -4.93. The van der Waals surface area contributed by atoms with E-state index in [9.17, 15) is 32.6 Å². The van der Waals surface area contributed by atoms with Crippen molar-refractivity contribution in [3.8, 4) is 45.0 Å². The van der Waals surface area contributed by atoms with E-state index in [0.717, 1.165) is 0 Å². The molecule has 0 spiro atoms. The number of phenols is 1. The summed E-state index contributed by atoms with van der Waals surface area (Å²) in [5.74, 6) is -1.48. The molecule has 18 heteroatoms. The molecule has 0 aliphatic carbocycles. The molecular formula is C38H31Cl2F4N5O6S. The second kappa shape index (κ2) is 17.6. The highest BCUT2D eigenvalue weighted by atomic mass is 35.5. The minimum atomic E-state index is -4.41. The van der Waals surface area contributed by atoms with Gasteiger partial charge >= 0.3 is 18.2 Å². The van der Waals surface area contributed by atoms with Gasteiger partial charge in [0.2, 0.25) is 12.0 Å². The first-order valence-electron chi connectivity index (χ1n) is 16.8. The number of thiophene rings is 1. The van der Waals surface area contributed by atoms with Gasteiger partial charge in [-0.3, -0.25) is 0 Å². The number of aromatic nitrogens is 4. The minimum absolute atomic E-state index is 0.0523. The number of carbonyl (C=O) groups is 1. The molecule has 6 aromatic rings. The van der Waals surface area contributed by atoms with Crippen molar-refractivity contribution < 1.29 is 46.8 Å². The van der Waals surface area contributed by atoms with Crippen LogP contribution < -0.4 is 19.5 Å². The topological polar surface area (TPSA) is 149 Å². The summed E-state index contributed by atoms with van der Waals surface area (Å²) in [5, 5.41) is 24.8. The van der Waals surface area contributed by atoms with Gasteiger partial charge in [-0.1, -0.05) is 29.8 Å². The number of fused-ring (bicyclic) bond motifs is 1. The summed E-state index contributed by atoms with van der Waals surface area (Å²) in [6.45, 7) is 1.44. The van der Waals surface area contributed by atoms with Gasteiger partial charge in [-0.15, -0.1) is 22.9 Å². The number of benzene rings is 3. The average Bonchev–Trinajstić information content (AvgIpc) is 3.55. The van der Waals surface area contributed by atoms with Gasteiger partial charge in [0.1, 0.15) is 41.7 Å². The molecule has 3 heterocycles. The Morgan fingerprint density at radius 1 is 1.04 bits per heavy atom. The van der Waals surface area contributed by atoms with Crippen molar-refractivity contribution in [3.63, 3.8) is 0 Å². The van der Waals surface area contributed by atoms with Crippen LogP contribution in [-0.4, -0.2) is 67.4 Å². The highest BCUT2D eigenvalue weighted by Crippen LogP contribution is 2.49. The van der Waals surface area contributed by atoms with Crippen LogP contribution in [0, 0.1) is 12.7 Å². The van der Waals surface area contributed by atoms with Crippen LogP contribution in [0.5, 0.6) is 23.4 Å². The minimum Gasteiger partial charge on any atom is -0.508 e. The number of halogens is 6. The first-order valence-corrected chi connectivity index (χ1v) is 18.5. The Morgan fingerprint density at radius 2 is 1.82 bits per heavy atom. The third kappa shape index (κ3) is 9.67. The Hall–Kier alpha value is -5.45. The number of anilines is 1. The van der Waals surface area contributed by atoms with E-state index < -0.39 is 37.1 Å².